The number of nitrogens with zero attached hydrogens (tertiary/aromatic N) is 4. The molecular formula is C22H28N6. The molecule has 0 spiro atoms. The summed E-state index contributed by atoms with van der Waals surface area (Å²) in [6.07, 6.45) is 11.7. The van der Waals surface area contributed by atoms with Gasteiger partial charge in [0.25, 0.3) is 0 Å². The maximum atomic E-state index is 5.47. The van der Waals surface area contributed by atoms with E-state index in [1.807, 2.05) is 36.7 Å². The number of hydrogen-bond donors (Lipinski definition) is 2. The summed E-state index contributed by atoms with van der Waals surface area (Å²) < 4.78 is 1.95. The molecule has 2 aromatic heterocycles. The molecule has 2 heterocycles. The normalized spacial score (nSPS) is 11.0. The van der Waals surface area contributed by atoms with Gasteiger partial charge in [0.2, 0.25) is 11.9 Å². The van der Waals surface area contributed by atoms with Crippen LogP contribution in [0.1, 0.15) is 50.7 Å². The largest absolute Gasteiger partial charge is 0.351 e. The van der Waals surface area contributed by atoms with Crippen molar-refractivity contribution in [1.82, 2.24) is 19.5 Å². The summed E-state index contributed by atoms with van der Waals surface area (Å²) in [6, 6.07) is 6.27. The van der Waals surface area contributed by atoms with Crippen LogP contribution >= 0.6 is 0 Å². The van der Waals surface area contributed by atoms with Crippen LogP contribution in [-0.4, -0.2) is 25.6 Å². The number of fused-ring (bicyclic) bond motifs is 1. The Morgan fingerprint density at radius 3 is 2.57 bits per heavy atom. The van der Waals surface area contributed by atoms with Gasteiger partial charge in [0, 0.05) is 24.3 Å². The van der Waals surface area contributed by atoms with Gasteiger partial charge in [-0.2, -0.15) is 4.98 Å². The summed E-state index contributed by atoms with van der Waals surface area (Å²) in [5.74, 6) is 4.03. The molecule has 0 aliphatic carbocycles. The molecule has 0 aliphatic rings. The van der Waals surface area contributed by atoms with Crippen LogP contribution in [0.15, 0.2) is 24.4 Å². The maximum Gasteiger partial charge on any atom is 0.224 e. The fraction of sp³-hybridized carbons (Fsp3) is 0.409. The van der Waals surface area contributed by atoms with Crippen molar-refractivity contribution in [2.24, 2.45) is 7.05 Å². The lowest BCUT2D eigenvalue weighted by atomic mass is 10.1. The van der Waals surface area contributed by atoms with Crippen LogP contribution in [-0.2, 0) is 7.05 Å². The molecule has 0 saturated heterocycles. The number of rotatable bonds is 8. The van der Waals surface area contributed by atoms with Crippen LogP contribution in [0.5, 0.6) is 0 Å². The van der Waals surface area contributed by atoms with Gasteiger partial charge in [-0.15, -0.1) is 6.42 Å². The number of anilines is 3. The molecule has 1 aromatic carbocycles. The van der Waals surface area contributed by atoms with Crippen LogP contribution in [0.3, 0.4) is 0 Å². The first-order chi connectivity index (χ1) is 13.5. The second kappa shape index (κ2) is 8.75. The zero-order chi connectivity index (χ0) is 20.1. The van der Waals surface area contributed by atoms with Crippen LogP contribution < -0.4 is 10.6 Å². The van der Waals surface area contributed by atoms with E-state index in [1.54, 1.807) is 6.20 Å². The molecule has 0 fully saturated rings. The van der Waals surface area contributed by atoms with Crippen molar-refractivity contribution >= 4 is 28.7 Å². The first kappa shape index (κ1) is 19.7. The number of imidazole rings is 1. The fourth-order valence-corrected chi connectivity index (χ4v) is 3.35. The van der Waals surface area contributed by atoms with Gasteiger partial charge >= 0.3 is 0 Å². The minimum absolute atomic E-state index is 0.399. The zero-order valence-electron chi connectivity index (χ0n) is 17.1. The van der Waals surface area contributed by atoms with Crippen molar-refractivity contribution in [1.29, 1.82) is 0 Å². The van der Waals surface area contributed by atoms with E-state index in [2.05, 4.69) is 40.4 Å². The number of aromatic nitrogens is 4. The monoisotopic (exact) mass is 376 g/mol. The third-order valence-corrected chi connectivity index (χ3v) is 4.86. The molecule has 3 aromatic rings. The number of nitrogens with one attached hydrogen (secondary N) is 2. The predicted molar refractivity (Wildman–Crippen MR) is 116 cm³/mol. The van der Waals surface area contributed by atoms with Gasteiger partial charge in [-0.05, 0) is 43.5 Å². The Morgan fingerprint density at radius 1 is 1.18 bits per heavy atom. The highest BCUT2D eigenvalue weighted by molar-refractivity contribution is 5.76. The average molecular weight is 377 g/mol. The number of hydrogen-bond acceptors (Lipinski definition) is 5. The average Bonchev–Trinajstić information content (AvgIpc) is 2.99. The van der Waals surface area contributed by atoms with Crippen molar-refractivity contribution in [2.45, 2.75) is 52.5 Å². The van der Waals surface area contributed by atoms with Crippen molar-refractivity contribution < 1.29 is 0 Å². The number of terminal acetylenes is 1. The predicted octanol–water partition coefficient (Wildman–Crippen LogP) is 4.78. The SMILES string of the molecule is C#Cc1ccc(Nc2nc3cnc(NC(CCC)CCC)nc3n2C)c(C)c1. The van der Waals surface area contributed by atoms with E-state index < -0.39 is 0 Å². The third kappa shape index (κ3) is 4.25. The van der Waals surface area contributed by atoms with E-state index >= 15 is 0 Å². The van der Waals surface area contributed by atoms with Gasteiger partial charge < -0.3 is 10.6 Å². The zero-order valence-corrected chi connectivity index (χ0v) is 17.1. The Labute approximate surface area is 166 Å². The van der Waals surface area contributed by atoms with E-state index in [9.17, 15) is 0 Å². The molecule has 6 nitrogen and oxygen atoms in total. The molecule has 2 N–H and O–H groups in total. The summed E-state index contributed by atoms with van der Waals surface area (Å²) in [5.41, 5.74) is 4.46. The minimum atomic E-state index is 0.399. The quantitative estimate of drug-likeness (QED) is 0.554. The lowest BCUT2D eigenvalue weighted by molar-refractivity contribution is 0.582. The molecule has 0 atom stereocenters. The van der Waals surface area contributed by atoms with Gasteiger partial charge in [0.15, 0.2) is 5.65 Å². The van der Waals surface area contributed by atoms with Crippen molar-refractivity contribution in [3.63, 3.8) is 0 Å². The Balaban J connectivity index is 1.86. The molecule has 3 rings (SSSR count). The summed E-state index contributed by atoms with van der Waals surface area (Å²) >= 11 is 0. The molecule has 146 valence electrons. The van der Waals surface area contributed by atoms with Crippen molar-refractivity contribution in [3.8, 4) is 12.3 Å². The van der Waals surface area contributed by atoms with Crippen molar-refractivity contribution in [2.75, 3.05) is 10.6 Å². The van der Waals surface area contributed by atoms with Gasteiger partial charge in [-0.1, -0.05) is 32.6 Å². The highest BCUT2D eigenvalue weighted by atomic mass is 15.2. The lowest BCUT2D eigenvalue weighted by Crippen LogP contribution is -2.20. The van der Waals surface area contributed by atoms with E-state index in [1.165, 1.54) is 0 Å². The maximum absolute atomic E-state index is 5.47. The highest BCUT2D eigenvalue weighted by Crippen LogP contribution is 2.24. The third-order valence-electron chi connectivity index (χ3n) is 4.86. The molecular weight excluding hydrogens is 348 g/mol. The van der Waals surface area contributed by atoms with Gasteiger partial charge in [0.05, 0.1) is 6.20 Å². The highest BCUT2D eigenvalue weighted by Gasteiger charge is 2.14. The Morgan fingerprint density at radius 2 is 1.93 bits per heavy atom. The van der Waals surface area contributed by atoms with E-state index in [-0.39, 0.29) is 0 Å². The minimum Gasteiger partial charge on any atom is -0.351 e. The molecule has 6 heteroatoms. The van der Waals surface area contributed by atoms with Crippen LogP contribution in [0.2, 0.25) is 0 Å². The lowest BCUT2D eigenvalue weighted by Gasteiger charge is -2.17. The van der Waals surface area contributed by atoms with E-state index in [4.69, 9.17) is 11.4 Å². The Hall–Kier alpha value is -3.07. The Kier molecular flexibility index (Phi) is 6.15. The standard InChI is InChI=1S/C22H28N6/c1-6-9-17(10-7-2)24-21-23-14-19-20(27-21)28(5)22(26-19)25-18-12-11-16(8-3)13-15(18)4/h3,11-14,17H,6-7,9-10H2,1-2,4-5H3,(H,25,26)(H,23,24,27). The summed E-state index contributed by atoms with van der Waals surface area (Å²) in [5, 5.41) is 6.86. The molecule has 0 saturated carbocycles. The molecule has 28 heavy (non-hydrogen) atoms. The topological polar surface area (TPSA) is 67.7 Å². The smallest absolute Gasteiger partial charge is 0.224 e. The van der Waals surface area contributed by atoms with Gasteiger partial charge in [0.1, 0.15) is 5.52 Å². The molecule has 0 amide bonds. The molecule has 0 aliphatic heterocycles. The summed E-state index contributed by atoms with van der Waals surface area (Å²) in [4.78, 5) is 13.8. The first-order valence-electron chi connectivity index (χ1n) is 9.86. The number of benzene rings is 1. The molecule has 0 radical (unpaired) electrons. The summed E-state index contributed by atoms with van der Waals surface area (Å²) in [6.45, 7) is 6.42. The van der Waals surface area contributed by atoms with Crippen molar-refractivity contribution in [3.05, 3.63) is 35.5 Å². The van der Waals surface area contributed by atoms with Crippen LogP contribution in [0.25, 0.3) is 11.2 Å². The van der Waals surface area contributed by atoms with Crippen LogP contribution in [0, 0.1) is 19.3 Å². The number of aryl methyl sites for hydroxylation is 2. The first-order valence-corrected chi connectivity index (χ1v) is 9.86. The Bertz CT molecular complexity index is 992. The van der Waals surface area contributed by atoms with Gasteiger partial charge in [-0.3, -0.25) is 4.57 Å². The van der Waals surface area contributed by atoms with Gasteiger partial charge in [-0.25, -0.2) is 9.97 Å². The van der Waals surface area contributed by atoms with E-state index in [0.29, 0.717) is 12.0 Å². The summed E-state index contributed by atoms with van der Waals surface area (Å²) in [7, 11) is 1.95. The second-order valence-electron chi connectivity index (χ2n) is 7.11. The second-order valence-corrected chi connectivity index (χ2v) is 7.11. The fourth-order valence-electron chi connectivity index (χ4n) is 3.35. The van der Waals surface area contributed by atoms with E-state index in [0.717, 1.165) is 59.6 Å². The molecule has 0 bridgehead atoms. The molecule has 0 unspecified atom stereocenters. The van der Waals surface area contributed by atoms with Crippen LogP contribution in [0.4, 0.5) is 17.6 Å².